The normalized spacial score (nSPS) is 9.27. The molecule has 0 bridgehead atoms. The average Bonchev–Trinajstić information content (AvgIpc) is 2.25. The van der Waals surface area contributed by atoms with Gasteiger partial charge >= 0.3 is 0 Å². The van der Waals surface area contributed by atoms with Crippen molar-refractivity contribution in [3.63, 3.8) is 0 Å². The minimum Gasteiger partial charge on any atom is -0.399 e. The molecule has 0 unspecified atom stereocenters. The maximum Gasteiger partial charge on any atom is 0.231 e. The van der Waals surface area contributed by atoms with Crippen LogP contribution in [0.1, 0.15) is 0 Å². The highest BCUT2D eigenvalue weighted by Gasteiger charge is 2.00. The van der Waals surface area contributed by atoms with Crippen LogP contribution in [0.2, 0.25) is 0 Å². The lowest BCUT2D eigenvalue weighted by molar-refractivity contribution is -0.118. The minimum absolute atomic E-state index is 0.0604. The Morgan fingerprint density at radius 1 is 1.47 bits per heavy atom. The molecule has 0 fully saturated rings. The van der Waals surface area contributed by atoms with Gasteiger partial charge in [0.2, 0.25) is 5.91 Å². The molecule has 3 N–H and O–H groups in total. The second kappa shape index (κ2) is 5.99. The first-order valence-corrected chi connectivity index (χ1v) is 5.39. The third-order valence-corrected chi connectivity index (χ3v) is 2.65. The van der Waals surface area contributed by atoms with Gasteiger partial charge in [0.25, 0.3) is 0 Å². The Labute approximate surface area is 93.4 Å². The number of hydrogen-bond acceptors (Lipinski definition) is 3. The second-order valence-electron chi connectivity index (χ2n) is 2.84. The van der Waals surface area contributed by atoms with Crippen LogP contribution < -0.4 is 11.1 Å². The molecule has 4 heteroatoms. The number of carbonyl (C=O) groups is 1. The molecule has 1 rings (SSSR count). The zero-order valence-corrected chi connectivity index (χ0v) is 9.01. The molecule has 15 heavy (non-hydrogen) atoms. The molecule has 0 aliphatic carbocycles. The van der Waals surface area contributed by atoms with Crippen molar-refractivity contribution in [2.45, 2.75) is 4.90 Å². The molecule has 1 aromatic carbocycles. The van der Waals surface area contributed by atoms with E-state index in [0.717, 1.165) is 10.6 Å². The van der Waals surface area contributed by atoms with E-state index in [1.165, 1.54) is 11.8 Å². The van der Waals surface area contributed by atoms with Gasteiger partial charge in [-0.1, -0.05) is 5.92 Å². The number of nitrogen functional groups attached to an aromatic ring is 1. The van der Waals surface area contributed by atoms with E-state index in [0.29, 0.717) is 5.75 Å². The van der Waals surface area contributed by atoms with Crippen LogP contribution in [0.25, 0.3) is 0 Å². The second-order valence-corrected chi connectivity index (χ2v) is 3.89. The topological polar surface area (TPSA) is 55.1 Å². The van der Waals surface area contributed by atoms with Crippen molar-refractivity contribution in [1.82, 2.24) is 5.32 Å². The summed E-state index contributed by atoms with van der Waals surface area (Å²) >= 11 is 1.45. The Morgan fingerprint density at radius 3 is 2.73 bits per heavy atom. The largest absolute Gasteiger partial charge is 0.399 e. The van der Waals surface area contributed by atoms with Gasteiger partial charge in [0.15, 0.2) is 0 Å². The van der Waals surface area contributed by atoms with Gasteiger partial charge in [0.1, 0.15) is 0 Å². The lowest BCUT2D eigenvalue weighted by Crippen LogP contribution is -2.25. The van der Waals surface area contributed by atoms with Gasteiger partial charge < -0.3 is 11.1 Å². The maximum absolute atomic E-state index is 11.2. The van der Waals surface area contributed by atoms with Gasteiger partial charge in [0, 0.05) is 10.6 Å². The van der Waals surface area contributed by atoms with Gasteiger partial charge in [-0.25, -0.2) is 0 Å². The number of nitrogens with one attached hydrogen (secondary N) is 1. The zero-order chi connectivity index (χ0) is 11.1. The average molecular weight is 220 g/mol. The molecule has 3 nitrogen and oxygen atoms in total. The minimum atomic E-state index is -0.0604. The van der Waals surface area contributed by atoms with E-state index >= 15 is 0 Å². The molecule has 0 heterocycles. The molecule has 1 amide bonds. The van der Waals surface area contributed by atoms with E-state index in [-0.39, 0.29) is 12.5 Å². The van der Waals surface area contributed by atoms with Crippen LogP contribution in [0.15, 0.2) is 29.2 Å². The lowest BCUT2D eigenvalue weighted by atomic mass is 10.3. The van der Waals surface area contributed by atoms with Crippen LogP contribution in [0, 0.1) is 12.3 Å². The predicted molar refractivity (Wildman–Crippen MR) is 63.4 cm³/mol. The van der Waals surface area contributed by atoms with Crippen molar-refractivity contribution in [3.05, 3.63) is 24.3 Å². The third kappa shape index (κ3) is 4.43. The van der Waals surface area contributed by atoms with Crippen LogP contribution in [0.5, 0.6) is 0 Å². The third-order valence-electron chi connectivity index (χ3n) is 1.64. The number of benzene rings is 1. The number of rotatable bonds is 4. The molecule has 0 aromatic heterocycles. The van der Waals surface area contributed by atoms with E-state index in [4.69, 9.17) is 12.2 Å². The van der Waals surface area contributed by atoms with Crippen molar-refractivity contribution >= 4 is 23.4 Å². The summed E-state index contributed by atoms with van der Waals surface area (Å²) in [5.41, 5.74) is 6.26. The highest BCUT2D eigenvalue weighted by molar-refractivity contribution is 8.00. The number of amides is 1. The Hall–Kier alpha value is -1.60. The van der Waals surface area contributed by atoms with Crippen molar-refractivity contribution in [3.8, 4) is 12.3 Å². The summed E-state index contributed by atoms with van der Waals surface area (Å²) in [6, 6.07) is 7.38. The van der Waals surface area contributed by atoms with Gasteiger partial charge in [-0.3, -0.25) is 4.79 Å². The first-order chi connectivity index (χ1) is 7.22. The molecular weight excluding hydrogens is 208 g/mol. The molecule has 1 aromatic rings. The number of hydrogen-bond donors (Lipinski definition) is 2. The molecule has 0 saturated heterocycles. The Balaban J connectivity index is 2.34. The molecule has 0 radical (unpaired) electrons. The summed E-state index contributed by atoms with van der Waals surface area (Å²) in [6.07, 6.45) is 5.02. The summed E-state index contributed by atoms with van der Waals surface area (Å²) in [5, 5.41) is 2.59. The number of anilines is 1. The summed E-state index contributed by atoms with van der Waals surface area (Å²) < 4.78 is 0. The lowest BCUT2D eigenvalue weighted by Gasteiger charge is -2.02. The molecule has 78 valence electrons. The highest BCUT2D eigenvalue weighted by Crippen LogP contribution is 2.18. The number of terminal acetylenes is 1. The quantitative estimate of drug-likeness (QED) is 0.454. The first kappa shape index (κ1) is 11.5. The summed E-state index contributed by atoms with van der Waals surface area (Å²) in [7, 11) is 0. The van der Waals surface area contributed by atoms with Crippen LogP contribution in [0.3, 0.4) is 0 Å². The van der Waals surface area contributed by atoms with Crippen molar-refractivity contribution < 1.29 is 4.79 Å². The van der Waals surface area contributed by atoms with Crippen LogP contribution in [0.4, 0.5) is 5.69 Å². The van der Waals surface area contributed by atoms with Crippen LogP contribution in [-0.4, -0.2) is 18.2 Å². The maximum atomic E-state index is 11.2. The summed E-state index contributed by atoms with van der Waals surface area (Å²) in [6.45, 7) is 0.279. The number of carbonyl (C=O) groups excluding carboxylic acids is 1. The molecule has 0 aliphatic heterocycles. The van der Waals surface area contributed by atoms with Crippen molar-refractivity contribution in [2.75, 3.05) is 18.0 Å². The standard InChI is InChI=1S/C11H12N2OS/c1-2-7-13-11(14)8-15-10-5-3-9(12)4-6-10/h1,3-6H,7-8,12H2,(H,13,14). The molecule has 0 saturated carbocycles. The molecule has 0 aliphatic rings. The van der Waals surface area contributed by atoms with E-state index in [1.54, 1.807) is 0 Å². The van der Waals surface area contributed by atoms with Gasteiger partial charge in [-0.15, -0.1) is 18.2 Å². The number of thioether (sulfide) groups is 1. The summed E-state index contributed by atoms with van der Waals surface area (Å²) in [4.78, 5) is 12.2. The Bertz CT molecular complexity index is 367. The smallest absolute Gasteiger partial charge is 0.231 e. The number of nitrogens with two attached hydrogens (primary N) is 1. The zero-order valence-electron chi connectivity index (χ0n) is 8.19. The van der Waals surface area contributed by atoms with Crippen LogP contribution in [-0.2, 0) is 4.79 Å². The monoisotopic (exact) mass is 220 g/mol. The Kier molecular flexibility index (Phi) is 4.58. The first-order valence-electron chi connectivity index (χ1n) is 4.41. The van der Waals surface area contributed by atoms with Crippen molar-refractivity contribution in [2.24, 2.45) is 0 Å². The molecule has 0 atom stereocenters. The fourth-order valence-corrected chi connectivity index (χ4v) is 1.64. The van der Waals surface area contributed by atoms with Gasteiger partial charge in [-0.05, 0) is 24.3 Å². The van der Waals surface area contributed by atoms with Crippen molar-refractivity contribution in [1.29, 1.82) is 0 Å². The molecule has 0 spiro atoms. The fraction of sp³-hybridized carbons (Fsp3) is 0.182. The van der Waals surface area contributed by atoms with E-state index in [1.807, 2.05) is 24.3 Å². The highest BCUT2D eigenvalue weighted by atomic mass is 32.2. The molecular formula is C11H12N2OS. The van der Waals surface area contributed by atoms with E-state index in [2.05, 4.69) is 11.2 Å². The van der Waals surface area contributed by atoms with Gasteiger partial charge in [0.05, 0.1) is 12.3 Å². The predicted octanol–water partition coefficient (Wildman–Crippen LogP) is 1.11. The fourth-order valence-electron chi connectivity index (χ4n) is 0.914. The van der Waals surface area contributed by atoms with E-state index in [9.17, 15) is 4.79 Å². The van der Waals surface area contributed by atoms with Crippen LogP contribution >= 0.6 is 11.8 Å². The SMILES string of the molecule is C#CCNC(=O)CSc1ccc(N)cc1. The van der Waals surface area contributed by atoms with E-state index < -0.39 is 0 Å². The Morgan fingerprint density at radius 2 is 2.13 bits per heavy atom. The summed E-state index contributed by atoms with van der Waals surface area (Å²) in [5.74, 6) is 2.65. The van der Waals surface area contributed by atoms with Gasteiger partial charge in [-0.2, -0.15) is 0 Å².